The van der Waals surface area contributed by atoms with E-state index < -0.39 is 6.10 Å². The van der Waals surface area contributed by atoms with Crippen LogP contribution in [0.25, 0.3) is 0 Å². The maximum atomic E-state index is 12.9. The van der Waals surface area contributed by atoms with Gasteiger partial charge in [-0.1, -0.05) is 236 Å². The Hall–Kier alpha value is -2.14. The number of rotatable bonds is 54. The fourth-order valence-electron chi connectivity index (χ4n) is 8.41. The SMILES string of the molecule is CCCCC/C=C\C/C=C\CCCCCCCCCCOCC(COC(=O)CCCCCCCCC/C=C\CCCCCCCC)OC(=O)CCCCCCC/C=C\CCCCCCCC. The van der Waals surface area contributed by atoms with Crippen molar-refractivity contribution in [1.29, 1.82) is 0 Å². The first-order valence-electron chi connectivity index (χ1n) is 29.2. The quantitative estimate of drug-likeness (QED) is 0.0345. The average Bonchev–Trinajstić information content (AvgIpc) is 3.32. The van der Waals surface area contributed by atoms with Crippen molar-refractivity contribution in [1.82, 2.24) is 0 Å². The van der Waals surface area contributed by atoms with E-state index in [0.29, 0.717) is 19.4 Å². The zero-order valence-electron chi connectivity index (χ0n) is 44.5. The third kappa shape index (κ3) is 54.5. The van der Waals surface area contributed by atoms with Crippen molar-refractivity contribution in [3.05, 3.63) is 48.6 Å². The van der Waals surface area contributed by atoms with Crippen LogP contribution in [-0.4, -0.2) is 37.9 Å². The highest BCUT2D eigenvalue weighted by Gasteiger charge is 2.17. The number of allylic oxidation sites excluding steroid dienone is 8. The fourth-order valence-corrected chi connectivity index (χ4v) is 8.41. The van der Waals surface area contributed by atoms with Gasteiger partial charge < -0.3 is 14.2 Å². The van der Waals surface area contributed by atoms with Gasteiger partial charge in [-0.3, -0.25) is 9.59 Å². The van der Waals surface area contributed by atoms with E-state index in [1.165, 1.54) is 212 Å². The van der Waals surface area contributed by atoms with Gasteiger partial charge in [0.1, 0.15) is 6.61 Å². The first-order chi connectivity index (χ1) is 32.6. The van der Waals surface area contributed by atoms with E-state index in [-0.39, 0.29) is 25.2 Å². The van der Waals surface area contributed by atoms with E-state index in [4.69, 9.17) is 14.2 Å². The smallest absolute Gasteiger partial charge is 0.306 e. The van der Waals surface area contributed by atoms with Gasteiger partial charge in [0.25, 0.3) is 0 Å². The highest BCUT2D eigenvalue weighted by atomic mass is 16.6. The minimum atomic E-state index is -0.545. The second-order valence-corrected chi connectivity index (χ2v) is 19.5. The number of hydrogen-bond donors (Lipinski definition) is 0. The normalized spacial score (nSPS) is 12.5. The summed E-state index contributed by atoms with van der Waals surface area (Å²) in [5, 5.41) is 0. The Morgan fingerprint density at radius 1 is 0.333 bits per heavy atom. The lowest BCUT2D eigenvalue weighted by Crippen LogP contribution is -2.30. The van der Waals surface area contributed by atoms with E-state index in [9.17, 15) is 9.59 Å². The van der Waals surface area contributed by atoms with Gasteiger partial charge in [0, 0.05) is 19.4 Å². The summed E-state index contributed by atoms with van der Waals surface area (Å²) in [4.78, 5) is 25.5. The molecule has 1 atom stereocenters. The van der Waals surface area contributed by atoms with Crippen molar-refractivity contribution in [2.75, 3.05) is 19.8 Å². The lowest BCUT2D eigenvalue weighted by Gasteiger charge is -2.18. The van der Waals surface area contributed by atoms with E-state index in [1.54, 1.807) is 0 Å². The minimum absolute atomic E-state index is 0.0797. The minimum Gasteiger partial charge on any atom is -0.462 e. The number of hydrogen-bond acceptors (Lipinski definition) is 5. The van der Waals surface area contributed by atoms with Gasteiger partial charge in [0.2, 0.25) is 0 Å². The summed E-state index contributed by atoms with van der Waals surface area (Å²) >= 11 is 0. The molecule has 0 aliphatic carbocycles. The zero-order valence-corrected chi connectivity index (χ0v) is 44.5. The molecule has 0 spiro atoms. The maximum absolute atomic E-state index is 12.9. The zero-order chi connectivity index (χ0) is 47.7. The highest BCUT2D eigenvalue weighted by molar-refractivity contribution is 5.70. The second-order valence-electron chi connectivity index (χ2n) is 19.5. The topological polar surface area (TPSA) is 61.8 Å². The molecular formula is C61H112O5. The van der Waals surface area contributed by atoms with E-state index in [2.05, 4.69) is 69.4 Å². The molecule has 386 valence electrons. The largest absolute Gasteiger partial charge is 0.462 e. The molecule has 5 nitrogen and oxygen atoms in total. The number of ether oxygens (including phenoxy) is 3. The van der Waals surface area contributed by atoms with Gasteiger partial charge in [0.05, 0.1) is 6.61 Å². The van der Waals surface area contributed by atoms with E-state index in [1.807, 2.05) is 0 Å². The first-order valence-corrected chi connectivity index (χ1v) is 29.2. The molecule has 0 saturated heterocycles. The molecular weight excluding hydrogens is 813 g/mol. The third-order valence-corrected chi connectivity index (χ3v) is 12.8. The summed E-state index contributed by atoms with van der Waals surface area (Å²) < 4.78 is 17.5. The lowest BCUT2D eigenvalue weighted by atomic mass is 10.1. The molecule has 0 fully saturated rings. The van der Waals surface area contributed by atoms with Crippen LogP contribution in [0.15, 0.2) is 48.6 Å². The summed E-state index contributed by atoms with van der Waals surface area (Å²) in [5.41, 5.74) is 0. The second kappa shape index (κ2) is 57.2. The molecule has 0 aromatic heterocycles. The molecule has 0 amide bonds. The van der Waals surface area contributed by atoms with Gasteiger partial charge >= 0.3 is 11.9 Å². The van der Waals surface area contributed by atoms with E-state index in [0.717, 1.165) is 57.8 Å². The van der Waals surface area contributed by atoms with Crippen molar-refractivity contribution in [3.8, 4) is 0 Å². The number of unbranched alkanes of at least 4 members (excludes halogenated alkanes) is 35. The summed E-state index contributed by atoms with van der Waals surface area (Å²) in [6.45, 7) is 7.81. The van der Waals surface area contributed by atoms with Crippen LogP contribution in [0, 0.1) is 0 Å². The maximum Gasteiger partial charge on any atom is 0.306 e. The molecule has 0 N–H and O–H groups in total. The van der Waals surface area contributed by atoms with E-state index >= 15 is 0 Å². The summed E-state index contributed by atoms with van der Waals surface area (Å²) in [7, 11) is 0. The van der Waals surface area contributed by atoms with Crippen LogP contribution in [0.3, 0.4) is 0 Å². The predicted octanol–water partition coefficient (Wildman–Crippen LogP) is 19.9. The Balaban J connectivity index is 4.27. The summed E-state index contributed by atoms with van der Waals surface area (Å²) in [5.74, 6) is -0.402. The van der Waals surface area contributed by atoms with Crippen molar-refractivity contribution in [2.24, 2.45) is 0 Å². The molecule has 0 aromatic rings. The Morgan fingerprint density at radius 2 is 0.636 bits per heavy atom. The predicted molar refractivity (Wildman–Crippen MR) is 288 cm³/mol. The van der Waals surface area contributed by atoms with Crippen LogP contribution < -0.4 is 0 Å². The molecule has 0 saturated carbocycles. The molecule has 0 heterocycles. The van der Waals surface area contributed by atoms with Crippen LogP contribution in [-0.2, 0) is 23.8 Å². The molecule has 66 heavy (non-hydrogen) atoms. The van der Waals surface area contributed by atoms with Crippen molar-refractivity contribution >= 4 is 11.9 Å². The molecule has 1 unspecified atom stereocenters. The Bertz CT molecular complexity index is 1090. The van der Waals surface area contributed by atoms with Gasteiger partial charge in [-0.15, -0.1) is 0 Å². The third-order valence-electron chi connectivity index (χ3n) is 12.8. The summed E-state index contributed by atoms with van der Waals surface area (Å²) in [6.07, 6.45) is 71.3. The monoisotopic (exact) mass is 925 g/mol. The molecule has 5 heteroatoms. The first kappa shape index (κ1) is 63.9. The molecule has 0 radical (unpaired) electrons. The Kier molecular flexibility index (Phi) is 55.3. The number of carbonyl (C=O) groups is 2. The number of esters is 2. The van der Waals surface area contributed by atoms with Crippen LogP contribution >= 0.6 is 0 Å². The average molecular weight is 926 g/mol. The lowest BCUT2D eigenvalue weighted by molar-refractivity contribution is -0.163. The van der Waals surface area contributed by atoms with Crippen molar-refractivity contribution < 1.29 is 23.8 Å². The van der Waals surface area contributed by atoms with Crippen LogP contribution in [0.2, 0.25) is 0 Å². The van der Waals surface area contributed by atoms with Crippen molar-refractivity contribution in [2.45, 2.75) is 309 Å². The molecule has 0 bridgehead atoms. The molecule has 0 aliphatic rings. The highest BCUT2D eigenvalue weighted by Crippen LogP contribution is 2.15. The fraction of sp³-hybridized carbons (Fsp3) is 0.836. The standard InChI is InChI=1S/C61H112O5/c1-4-7-10-13-16-19-22-25-28-30-32-35-38-41-44-47-50-53-56-64-57-59(66-61(63)55-52-49-46-43-40-37-33-27-24-21-18-15-12-9-6-3)58-65-60(62)54-51-48-45-42-39-36-34-31-29-26-23-20-17-14-11-8-5-2/h16,19,25-29,33,59H,4-15,17-18,20-24,30-32,34-58H2,1-3H3/b19-16-,28-25-,29-26-,33-27-. The van der Waals surface area contributed by atoms with Gasteiger partial charge in [-0.2, -0.15) is 0 Å². The molecule has 0 rings (SSSR count). The van der Waals surface area contributed by atoms with Crippen LogP contribution in [0.1, 0.15) is 303 Å². The Labute approximate surface area is 412 Å². The van der Waals surface area contributed by atoms with Crippen LogP contribution in [0.5, 0.6) is 0 Å². The molecule has 0 aromatic carbocycles. The summed E-state index contributed by atoms with van der Waals surface area (Å²) in [6, 6.07) is 0. The molecule has 0 aliphatic heterocycles. The van der Waals surface area contributed by atoms with Crippen LogP contribution in [0.4, 0.5) is 0 Å². The number of carbonyl (C=O) groups excluding carboxylic acids is 2. The van der Waals surface area contributed by atoms with Crippen molar-refractivity contribution in [3.63, 3.8) is 0 Å². The van der Waals surface area contributed by atoms with Gasteiger partial charge in [0.15, 0.2) is 6.10 Å². The van der Waals surface area contributed by atoms with Gasteiger partial charge in [-0.25, -0.2) is 0 Å². The van der Waals surface area contributed by atoms with Gasteiger partial charge in [-0.05, 0) is 103 Å². The Morgan fingerprint density at radius 3 is 1.05 bits per heavy atom.